The molecule has 12 heteroatoms. The largest absolute Gasteiger partial charge is 0.351 e. The number of piperidine rings is 1. The number of halogens is 4. The minimum absolute atomic E-state index is 0.00397. The summed E-state index contributed by atoms with van der Waals surface area (Å²) in [4.78, 5) is 48.1. The molecule has 1 N–H and O–H groups in total. The van der Waals surface area contributed by atoms with Crippen molar-refractivity contribution in [3.8, 4) is 6.07 Å². The Bertz CT molecular complexity index is 1570. The predicted molar refractivity (Wildman–Crippen MR) is 148 cm³/mol. The van der Waals surface area contributed by atoms with Crippen LogP contribution in [0, 0.1) is 17.1 Å². The number of aromatic nitrogens is 1. The van der Waals surface area contributed by atoms with Crippen molar-refractivity contribution < 1.29 is 27.6 Å². The molecule has 3 amide bonds. The lowest BCUT2D eigenvalue weighted by Gasteiger charge is -2.41. The highest BCUT2D eigenvalue weighted by Gasteiger charge is 2.48. The fourth-order valence-electron chi connectivity index (χ4n) is 5.34. The van der Waals surface area contributed by atoms with Gasteiger partial charge in [0.1, 0.15) is 23.7 Å². The van der Waals surface area contributed by atoms with Gasteiger partial charge in [-0.2, -0.15) is 5.26 Å². The number of anilines is 2. The molecule has 2 fully saturated rings. The monoisotopic (exact) mass is 595 g/mol. The Morgan fingerprint density at radius 1 is 1.14 bits per heavy atom. The topological polar surface area (TPSA) is 106 Å². The van der Waals surface area contributed by atoms with Gasteiger partial charge in [0, 0.05) is 47.8 Å². The summed E-state index contributed by atoms with van der Waals surface area (Å²) < 4.78 is 41.8. The number of nitriles is 1. The van der Waals surface area contributed by atoms with Gasteiger partial charge in [0.2, 0.25) is 11.8 Å². The number of rotatable bonds is 7. The summed E-state index contributed by atoms with van der Waals surface area (Å²) in [5, 5.41) is 12.1. The molecule has 8 nitrogen and oxygen atoms in total. The summed E-state index contributed by atoms with van der Waals surface area (Å²) in [6.45, 7) is 0. The third-order valence-corrected chi connectivity index (χ3v) is 7.67. The van der Waals surface area contributed by atoms with Gasteiger partial charge in [-0.15, -0.1) is 0 Å². The number of benzene rings is 2. The van der Waals surface area contributed by atoms with Gasteiger partial charge in [-0.1, -0.05) is 35.9 Å². The van der Waals surface area contributed by atoms with E-state index >= 15 is 0 Å². The number of nitrogens with zero attached hydrogens (tertiary/aromatic N) is 4. The van der Waals surface area contributed by atoms with Gasteiger partial charge in [0.15, 0.2) is 0 Å². The van der Waals surface area contributed by atoms with Gasteiger partial charge in [0.05, 0.1) is 11.6 Å². The number of hydrogen-bond acceptors (Lipinski definition) is 5. The van der Waals surface area contributed by atoms with E-state index in [1.807, 2.05) is 6.07 Å². The van der Waals surface area contributed by atoms with Crippen molar-refractivity contribution in [1.29, 1.82) is 5.26 Å². The van der Waals surface area contributed by atoms with Crippen molar-refractivity contribution in [2.75, 3.05) is 9.80 Å². The van der Waals surface area contributed by atoms with Gasteiger partial charge >= 0.3 is 0 Å². The lowest BCUT2D eigenvalue weighted by atomic mass is 9.87. The number of carbonyl (C=O) groups excluding carboxylic acids is 3. The highest BCUT2D eigenvalue weighted by Crippen LogP contribution is 2.39. The summed E-state index contributed by atoms with van der Waals surface area (Å²) in [5.74, 6) is -5.48. The molecule has 1 aliphatic heterocycles. The molecule has 5 rings (SSSR count). The van der Waals surface area contributed by atoms with E-state index < -0.39 is 60.4 Å². The van der Waals surface area contributed by atoms with E-state index in [-0.39, 0.29) is 40.5 Å². The summed E-state index contributed by atoms with van der Waals surface area (Å²) in [6, 6.07) is 12.6. The Morgan fingerprint density at radius 3 is 2.60 bits per heavy atom. The molecular weight excluding hydrogens is 571 g/mol. The molecule has 3 aromatic rings. The Labute approximate surface area is 244 Å². The molecule has 1 aliphatic carbocycles. The maximum absolute atomic E-state index is 14.6. The van der Waals surface area contributed by atoms with Crippen molar-refractivity contribution in [3.63, 3.8) is 0 Å². The van der Waals surface area contributed by atoms with Crippen LogP contribution in [0.2, 0.25) is 5.02 Å². The molecule has 2 heterocycles. The second-order valence-electron chi connectivity index (χ2n) is 10.3. The fraction of sp³-hybridized carbons (Fsp3) is 0.300. The van der Waals surface area contributed by atoms with E-state index in [1.54, 1.807) is 12.1 Å². The lowest BCUT2D eigenvalue weighted by molar-refractivity contribution is -0.133. The summed E-state index contributed by atoms with van der Waals surface area (Å²) in [6.07, 6.45) is 0.866. The second kappa shape index (κ2) is 11.8. The average Bonchev–Trinajstić information content (AvgIpc) is 2.95. The van der Waals surface area contributed by atoms with E-state index in [1.165, 1.54) is 53.6 Å². The van der Waals surface area contributed by atoms with E-state index in [2.05, 4.69) is 10.3 Å². The predicted octanol–water partition coefficient (Wildman–Crippen LogP) is 5.32. The van der Waals surface area contributed by atoms with Crippen LogP contribution in [0.5, 0.6) is 0 Å². The third kappa shape index (κ3) is 5.94. The first-order chi connectivity index (χ1) is 20.1. The van der Waals surface area contributed by atoms with Crippen LogP contribution in [0.4, 0.5) is 24.7 Å². The number of amides is 3. The zero-order chi connectivity index (χ0) is 30.0. The number of carbonyl (C=O) groups is 3. The molecule has 42 heavy (non-hydrogen) atoms. The molecule has 2 atom stereocenters. The molecule has 1 saturated heterocycles. The molecule has 0 radical (unpaired) electrons. The smallest absolute Gasteiger partial charge is 0.252 e. The molecule has 1 saturated carbocycles. The Morgan fingerprint density at radius 2 is 1.90 bits per heavy atom. The molecule has 216 valence electrons. The van der Waals surface area contributed by atoms with Crippen LogP contribution in [-0.2, 0) is 14.4 Å². The molecule has 1 aromatic heterocycles. The summed E-state index contributed by atoms with van der Waals surface area (Å²) in [7, 11) is 0. The number of alkyl halides is 2. The molecular formula is C30H25ClF3N5O3. The molecule has 0 bridgehead atoms. The quantitative estimate of drug-likeness (QED) is 0.398. The van der Waals surface area contributed by atoms with Crippen molar-refractivity contribution in [2.24, 2.45) is 0 Å². The molecule has 2 aliphatic rings. The van der Waals surface area contributed by atoms with Gasteiger partial charge in [-0.05, 0) is 49.2 Å². The normalized spacial score (nSPS) is 18.9. The highest BCUT2D eigenvalue weighted by molar-refractivity contribution is 6.31. The van der Waals surface area contributed by atoms with Crippen LogP contribution in [0.3, 0.4) is 0 Å². The Kier molecular flexibility index (Phi) is 8.18. The molecule has 0 spiro atoms. The first kappa shape index (κ1) is 29.1. The summed E-state index contributed by atoms with van der Waals surface area (Å²) in [5.41, 5.74) is 0.395. The highest BCUT2D eigenvalue weighted by atomic mass is 35.5. The fourth-order valence-corrected chi connectivity index (χ4v) is 5.58. The van der Waals surface area contributed by atoms with Crippen molar-refractivity contribution in [3.05, 3.63) is 88.8 Å². The average molecular weight is 596 g/mol. The van der Waals surface area contributed by atoms with E-state index in [4.69, 9.17) is 11.6 Å². The van der Waals surface area contributed by atoms with Gasteiger partial charge in [0.25, 0.3) is 11.8 Å². The summed E-state index contributed by atoms with van der Waals surface area (Å²) >= 11 is 6.51. The van der Waals surface area contributed by atoms with E-state index in [0.29, 0.717) is 6.42 Å². The van der Waals surface area contributed by atoms with Crippen LogP contribution < -0.4 is 15.1 Å². The number of hydrogen-bond donors (Lipinski definition) is 1. The Balaban J connectivity index is 1.62. The lowest BCUT2D eigenvalue weighted by Crippen LogP contribution is -2.58. The van der Waals surface area contributed by atoms with Crippen LogP contribution in [-0.4, -0.2) is 40.7 Å². The number of pyridine rings is 1. The maximum Gasteiger partial charge on any atom is 0.252 e. The van der Waals surface area contributed by atoms with Crippen molar-refractivity contribution in [2.45, 2.75) is 56.2 Å². The molecule has 2 aromatic carbocycles. The van der Waals surface area contributed by atoms with Crippen molar-refractivity contribution in [1.82, 2.24) is 10.3 Å². The van der Waals surface area contributed by atoms with Crippen LogP contribution >= 0.6 is 11.6 Å². The zero-order valence-electron chi connectivity index (χ0n) is 22.1. The van der Waals surface area contributed by atoms with Gasteiger partial charge < -0.3 is 5.32 Å². The zero-order valence-corrected chi connectivity index (χ0v) is 22.9. The minimum atomic E-state index is -2.91. The van der Waals surface area contributed by atoms with E-state index in [9.17, 15) is 32.8 Å². The minimum Gasteiger partial charge on any atom is -0.351 e. The standard InChI is InChI=1S/C30H25ClF3N5O3/c31-23-8-2-1-7-22(23)27(28(41)37-20-15-30(33,34)16-20)38(21-6-3-5-19(32)14-21)29(42)24-9-4-10-26(40)39(24)25-13-18(17-35)11-12-36-25/h1-3,5-8,11-14,20,24,27H,4,9-10,15-16H2,(H,37,41)/t24?,27-/m0/s1. The van der Waals surface area contributed by atoms with Crippen LogP contribution in [0.1, 0.15) is 49.3 Å². The van der Waals surface area contributed by atoms with Crippen molar-refractivity contribution >= 4 is 40.8 Å². The second-order valence-corrected chi connectivity index (χ2v) is 10.7. The van der Waals surface area contributed by atoms with Crippen LogP contribution in [0.25, 0.3) is 0 Å². The Hall–Kier alpha value is -4.43. The SMILES string of the molecule is N#Cc1ccnc(N2C(=O)CCCC2C(=O)N(c2cccc(F)c2)[C@H](C(=O)NC2CC(F)(F)C2)c2ccccc2Cl)c1. The molecule has 1 unspecified atom stereocenters. The first-order valence-electron chi connectivity index (χ1n) is 13.3. The third-order valence-electron chi connectivity index (χ3n) is 7.32. The number of nitrogens with one attached hydrogen (secondary N) is 1. The first-order valence-corrected chi connectivity index (χ1v) is 13.7. The van der Waals surface area contributed by atoms with Gasteiger partial charge in [-0.3, -0.25) is 24.2 Å². The maximum atomic E-state index is 14.6. The van der Waals surface area contributed by atoms with Crippen LogP contribution in [0.15, 0.2) is 66.9 Å². The van der Waals surface area contributed by atoms with Gasteiger partial charge in [-0.25, -0.2) is 18.2 Å². The van der Waals surface area contributed by atoms with E-state index in [0.717, 1.165) is 11.0 Å².